The van der Waals surface area contributed by atoms with Crippen molar-refractivity contribution in [3.63, 3.8) is 0 Å². The molecule has 124 valence electrons. The number of para-hydroxylation sites is 1. The fourth-order valence-corrected chi connectivity index (χ4v) is 3.06. The topological polar surface area (TPSA) is 64.8 Å². The Balaban J connectivity index is 1.79. The molecule has 1 atom stereocenters. The number of benzene rings is 1. The third-order valence-corrected chi connectivity index (χ3v) is 4.52. The average molecular weight is 325 g/mol. The standard InChI is InChI=1S/C18H20FN5/c1-12-13(2)22-23-18(15(12)10-20)21-14-6-5-9-24(11-14)17-8-4-3-7-16(17)19/h3-4,7-8,14H,5-6,9,11H2,1-2H3,(H,21,23). The van der Waals surface area contributed by atoms with Crippen LogP contribution >= 0.6 is 0 Å². The molecule has 1 saturated heterocycles. The molecule has 0 bridgehead atoms. The molecule has 1 unspecified atom stereocenters. The van der Waals surface area contributed by atoms with Crippen LogP contribution in [0.5, 0.6) is 0 Å². The summed E-state index contributed by atoms with van der Waals surface area (Å²) in [5.74, 6) is 0.308. The van der Waals surface area contributed by atoms with Crippen molar-refractivity contribution < 1.29 is 4.39 Å². The van der Waals surface area contributed by atoms with E-state index >= 15 is 0 Å². The lowest BCUT2D eigenvalue weighted by Crippen LogP contribution is -2.42. The van der Waals surface area contributed by atoms with Gasteiger partial charge in [-0.05, 0) is 44.4 Å². The Labute approximate surface area is 141 Å². The highest BCUT2D eigenvalue weighted by Gasteiger charge is 2.23. The van der Waals surface area contributed by atoms with Crippen molar-refractivity contribution in [2.45, 2.75) is 32.7 Å². The molecule has 1 aliphatic rings. The predicted molar refractivity (Wildman–Crippen MR) is 91.5 cm³/mol. The second-order valence-electron chi connectivity index (χ2n) is 6.13. The third kappa shape index (κ3) is 3.16. The van der Waals surface area contributed by atoms with Crippen molar-refractivity contribution in [1.29, 1.82) is 5.26 Å². The molecule has 3 rings (SSSR count). The van der Waals surface area contributed by atoms with Gasteiger partial charge in [0, 0.05) is 19.1 Å². The summed E-state index contributed by atoms with van der Waals surface area (Å²) in [5, 5.41) is 21.0. The molecular weight excluding hydrogens is 305 g/mol. The zero-order valence-electron chi connectivity index (χ0n) is 13.9. The minimum atomic E-state index is -0.207. The molecule has 0 aliphatic carbocycles. The van der Waals surface area contributed by atoms with Crippen LogP contribution in [0.15, 0.2) is 24.3 Å². The second kappa shape index (κ2) is 6.83. The molecular formula is C18H20FN5. The number of hydrogen-bond donors (Lipinski definition) is 1. The molecule has 1 aliphatic heterocycles. The first kappa shape index (κ1) is 16.2. The summed E-state index contributed by atoms with van der Waals surface area (Å²) >= 11 is 0. The zero-order chi connectivity index (χ0) is 17.1. The number of rotatable bonds is 3. The Hall–Kier alpha value is -2.68. The number of halogens is 1. The summed E-state index contributed by atoms with van der Waals surface area (Å²) in [4.78, 5) is 2.04. The normalized spacial score (nSPS) is 17.4. The SMILES string of the molecule is Cc1nnc(NC2CCCN(c3ccccc3F)C2)c(C#N)c1C. The number of anilines is 2. The number of nitrogens with one attached hydrogen (secondary N) is 1. The molecule has 1 N–H and O–H groups in total. The summed E-state index contributed by atoms with van der Waals surface area (Å²) < 4.78 is 14.0. The fourth-order valence-electron chi connectivity index (χ4n) is 3.06. The molecule has 0 saturated carbocycles. The van der Waals surface area contributed by atoms with Crippen molar-refractivity contribution in [3.8, 4) is 6.07 Å². The van der Waals surface area contributed by atoms with E-state index in [9.17, 15) is 9.65 Å². The van der Waals surface area contributed by atoms with Crippen LogP contribution in [-0.2, 0) is 0 Å². The smallest absolute Gasteiger partial charge is 0.167 e. The monoisotopic (exact) mass is 325 g/mol. The van der Waals surface area contributed by atoms with E-state index in [2.05, 4.69) is 21.6 Å². The van der Waals surface area contributed by atoms with Crippen LogP contribution in [0.25, 0.3) is 0 Å². The van der Waals surface area contributed by atoms with E-state index in [1.54, 1.807) is 12.1 Å². The largest absolute Gasteiger partial charge is 0.367 e. The van der Waals surface area contributed by atoms with Crippen molar-refractivity contribution in [3.05, 3.63) is 46.9 Å². The lowest BCUT2D eigenvalue weighted by atomic mass is 10.0. The lowest BCUT2D eigenvalue weighted by Gasteiger charge is -2.35. The Morgan fingerprint density at radius 1 is 1.29 bits per heavy atom. The Morgan fingerprint density at radius 3 is 2.83 bits per heavy atom. The predicted octanol–water partition coefficient (Wildman–Crippen LogP) is 3.19. The lowest BCUT2D eigenvalue weighted by molar-refractivity contribution is 0.517. The summed E-state index contributed by atoms with van der Waals surface area (Å²) in [6.07, 6.45) is 1.90. The molecule has 5 nitrogen and oxygen atoms in total. The van der Waals surface area contributed by atoms with Gasteiger partial charge in [-0.25, -0.2) is 4.39 Å². The van der Waals surface area contributed by atoms with Gasteiger partial charge < -0.3 is 10.2 Å². The number of hydrogen-bond acceptors (Lipinski definition) is 5. The van der Waals surface area contributed by atoms with Crippen LogP contribution in [0.1, 0.15) is 29.7 Å². The van der Waals surface area contributed by atoms with Gasteiger partial charge in [0.2, 0.25) is 0 Å². The molecule has 2 aromatic rings. The molecule has 0 spiro atoms. The van der Waals surface area contributed by atoms with E-state index in [4.69, 9.17) is 0 Å². The first-order valence-corrected chi connectivity index (χ1v) is 8.10. The molecule has 1 aromatic heterocycles. The van der Waals surface area contributed by atoms with Crippen LogP contribution in [0.3, 0.4) is 0 Å². The van der Waals surface area contributed by atoms with Gasteiger partial charge in [-0.1, -0.05) is 12.1 Å². The summed E-state index contributed by atoms with van der Waals surface area (Å²) in [6, 6.07) is 9.13. The molecule has 6 heteroatoms. The van der Waals surface area contributed by atoms with Crippen LogP contribution in [-0.4, -0.2) is 29.3 Å². The minimum absolute atomic E-state index is 0.0989. The van der Waals surface area contributed by atoms with Gasteiger partial charge in [-0.15, -0.1) is 5.10 Å². The van der Waals surface area contributed by atoms with Gasteiger partial charge >= 0.3 is 0 Å². The van der Waals surface area contributed by atoms with E-state index in [0.717, 1.165) is 30.6 Å². The Kier molecular flexibility index (Phi) is 4.61. The Bertz CT molecular complexity index is 783. The molecule has 1 fully saturated rings. The van der Waals surface area contributed by atoms with Crippen LogP contribution in [0.2, 0.25) is 0 Å². The Morgan fingerprint density at radius 2 is 2.08 bits per heavy atom. The van der Waals surface area contributed by atoms with Crippen molar-refractivity contribution in [2.24, 2.45) is 0 Å². The van der Waals surface area contributed by atoms with Gasteiger partial charge in [0.1, 0.15) is 17.4 Å². The molecule has 0 radical (unpaired) electrons. The summed E-state index contributed by atoms with van der Waals surface area (Å²) in [7, 11) is 0. The van der Waals surface area contributed by atoms with Gasteiger partial charge in [-0.2, -0.15) is 10.4 Å². The number of aromatic nitrogens is 2. The number of nitriles is 1. The highest BCUT2D eigenvalue weighted by molar-refractivity contribution is 5.57. The van der Waals surface area contributed by atoms with Crippen molar-refractivity contribution >= 4 is 11.5 Å². The van der Waals surface area contributed by atoms with Gasteiger partial charge in [0.05, 0.1) is 11.4 Å². The van der Waals surface area contributed by atoms with Crippen molar-refractivity contribution in [2.75, 3.05) is 23.3 Å². The number of aryl methyl sites for hydroxylation is 1. The zero-order valence-corrected chi connectivity index (χ0v) is 13.9. The maximum absolute atomic E-state index is 14.0. The fraction of sp³-hybridized carbons (Fsp3) is 0.389. The quantitative estimate of drug-likeness (QED) is 0.939. The van der Waals surface area contributed by atoms with Crippen LogP contribution < -0.4 is 10.2 Å². The third-order valence-electron chi connectivity index (χ3n) is 4.52. The first-order valence-electron chi connectivity index (χ1n) is 8.10. The van der Waals surface area contributed by atoms with Crippen LogP contribution in [0.4, 0.5) is 15.9 Å². The van der Waals surface area contributed by atoms with E-state index in [0.29, 0.717) is 23.6 Å². The molecule has 24 heavy (non-hydrogen) atoms. The highest BCUT2D eigenvalue weighted by Crippen LogP contribution is 2.25. The minimum Gasteiger partial charge on any atom is -0.367 e. The van der Waals surface area contributed by atoms with Gasteiger partial charge in [0.25, 0.3) is 0 Å². The number of piperidine rings is 1. The van der Waals surface area contributed by atoms with Gasteiger partial charge in [0.15, 0.2) is 5.82 Å². The van der Waals surface area contributed by atoms with E-state index in [-0.39, 0.29) is 11.9 Å². The first-order chi connectivity index (χ1) is 11.6. The molecule has 0 amide bonds. The molecule has 2 heterocycles. The van der Waals surface area contributed by atoms with E-state index < -0.39 is 0 Å². The van der Waals surface area contributed by atoms with E-state index in [1.165, 1.54) is 6.07 Å². The second-order valence-corrected chi connectivity index (χ2v) is 6.13. The van der Waals surface area contributed by atoms with Gasteiger partial charge in [-0.3, -0.25) is 0 Å². The summed E-state index contributed by atoms with van der Waals surface area (Å²) in [5.41, 5.74) is 2.76. The van der Waals surface area contributed by atoms with E-state index in [1.807, 2.05) is 24.8 Å². The maximum atomic E-state index is 14.0. The maximum Gasteiger partial charge on any atom is 0.167 e. The van der Waals surface area contributed by atoms with Crippen molar-refractivity contribution in [1.82, 2.24) is 10.2 Å². The number of nitrogens with zero attached hydrogens (tertiary/aromatic N) is 4. The average Bonchev–Trinajstić information content (AvgIpc) is 2.59. The highest BCUT2D eigenvalue weighted by atomic mass is 19.1. The van der Waals surface area contributed by atoms with Crippen LogP contribution in [0, 0.1) is 31.0 Å². The summed E-state index contributed by atoms with van der Waals surface area (Å²) in [6.45, 7) is 5.21. The molecule has 1 aromatic carbocycles.